The molecule has 0 aliphatic heterocycles. The van der Waals surface area contributed by atoms with E-state index in [1.165, 1.54) is 18.0 Å². The van der Waals surface area contributed by atoms with Crippen molar-refractivity contribution < 1.29 is 13.9 Å². The second-order valence-electron chi connectivity index (χ2n) is 7.36. The zero-order valence-electron chi connectivity index (χ0n) is 21.4. The fourth-order valence-corrected chi connectivity index (χ4v) is 4.25. The largest absolute Gasteiger partial charge is 0.497 e. The van der Waals surface area contributed by atoms with Gasteiger partial charge in [0.15, 0.2) is 0 Å². The van der Waals surface area contributed by atoms with E-state index < -0.39 is 0 Å². The number of amides is 1. The van der Waals surface area contributed by atoms with Crippen molar-refractivity contribution >= 4 is 45.9 Å². The van der Waals surface area contributed by atoms with Gasteiger partial charge in [0.05, 0.1) is 28.5 Å². The van der Waals surface area contributed by atoms with Gasteiger partial charge in [0, 0.05) is 29.1 Å². The number of ether oxygens (including phenoxy) is 1. The van der Waals surface area contributed by atoms with Crippen LogP contribution in [-0.4, -0.2) is 36.6 Å². The van der Waals surface area contributed by atoms with Crippen molar-refractivity contribution in [3.05, 3.63) is 88.2 Å². The van der Waals surface area contributed by atoms with Gasteiger partial charge in [0.2, 0.25) is 6.41 Å². The summed E-state index contributed by atoms with van der Waals surface area (Å²) in [6.45, 7) is 5.35. The topological polar surface area (TPSA) is 79.0 Å². The molecule has 0 radical (unpaired) electrons. The number of hydrogen-bond donors (Lipinski definition) is 3. The molecule has 0 spiro atoms. The smallest absolute Gasteiger partial charge is 0.207 e. The molecule has 1 amide bonds. The minimum atomic E-state index is -0.326. The van der Waals surface area contributed by atoms with Gasteiger partial charge >= 0.3 is 0 Å². The van der Waals surface area contributed by atoms with Crippen LogP contribution in [0.1, 0.15) is 20.3 Å². The zero-order valence-corrected chi connectivity index (χ0v) is 24.6. The van der Waals surface area contributed by atoms with Crippen LogP contribution in [0.4, 0.5) is 4.39 Å². The Morgan fingerprint density at radius 2 is 1.82 bits per heavy atom. The number of nitrogens with one attached hydrogen (secondary N) is 3. The lowest BCUT2D eigenvalue weighted by atomic mass is 10.2. The number of nitrogens with zero attached hydrogens (tertiary/aromatic N) is 1. The number of para-hydroxylation sites is 1. The van der Waals surface area contributed by atoms with Gasteiger partial charge in [-0.1, -0.05) is 49.7 Å². The van der Waals surface area contributed by atoms with E-state index in [-0.39, 0.29) is 5.82 Å². The highest BCUT2D eigenvalue weighted by atomic mass is 79.9. The number of benzene rings is 3. The standard InChI is InChI=1S/C19H17BrClFN4OS.C7H8O.C2H6/c20-14-4-2-12(8-16(14)22)17-10-24-19(26-17)13-3-5-15(21)18(9-13)28-25-7-1-6-23-11-27;1-8-7-5-3-2-4-6-7;1-2/h2-5,8-11,25H,1,6-7H2,(H,23,27)(H,24,26);2-6H,1H3;1-2H3. The van der Waals surface area contributed by atoms with E-state index in [0.29, 0.717) is 33.8 Å². The van der Waals surface area contributed by atoms with E-state index in [9.17, 15) is 9.18 Å². The van der Waals surface area contributed by atoms with E-state index in [1.54, 1.807) is 19.4 Å². The molecule has 0 aliphatic carbocycles. The summed E-state index contributed by atoms with van der Waals surface area (Å²) in [6, 6.07) is 20.2. The first-order valence-electron chi connectivity index (χ1n) is 12.0. The third-order valence-electron chi connectivity index (χ3n) is 4.86. The van der Waals surface area contributed by atoms with Gasteiger partial charge in [-0.2, -0.15) is 0 Å². The zero-order chi connectivity index (χ0) is 27.8. The predicted molar refractivity (Wildman–Crippen MR) is 159 cm³/mol. The quantitative estimate of drug-likeness (QED) is 0.0959. The Bertz CT molecular complexity index is 1260. The fourth-order valence-electron chi connectivity index (χ4n) is 3.01. The molecule has 1 heterocycles. The molecule has 38 heavy (non-hydrogen) atoms. The highest BCUT2D eigenvalue weighted by Crippen LogP contribution is 2.31. The van der Waals surface area contributed by atoms with Crippen molar-refractivity contribution in [3.63, 3.8) is 0 Å². The molecule has 0 bridgehead atoms. The molecule has 202 valence electrons. The average Bonchev–Trinajstić information content (AvgIpc) is 3.45. The first kappa shape index (κ1) is 31.4. The number of H-pyrrole nitrogens is 1. The van der Waals surface area contributed by atoms with Crippen LogP contribution in [0.15, 0.2) is 82.3 Å². The highest BCUT2D eigenvalue weighted by molar-refractivity contribution is 9.10. The number of methoxy groups -OCH3 is 1. The number of hydrogen-bond acceptors (Lipinski definition) is 5. The molecular weight excluding hydrogens is 591 g/mol. The lowest BCUT2D eigenvalue weighted by Crippen LogP contribution is -2.17. The van der Waals surface area contributed by atoms with Crippen molar-refractivity contribution in [2.24, 2.45) is 0 Å². The number of aromatic amines is 1. The molecule has 0 saturated heterocycles. The van der Waals surface area contributed by atoms with Gasteiger partial charge in [0.1, 0.15) is 17.4 Å². The van der Waals surface area contributed by atoms with E-state index in [0.717, 1.165) is 34.9 Å². The minimum Gasteiger partial charge on any atom is -0.497 e. The molecule has 4 rings (SSSR count). The number of carbonyl (C=O) groups is 1. The van der Waals surface area contributed by atoms with Crippen molar-refractivity contribution in [2.45, 2.75) is 25.2 Å². The molecule has 0 aliphatic rings. The Hall–Kier alpha value is -2.85. The molecular formula is C28H31BrClFN4O2S. The summed E-state index contributed by atoms with van der Waals surface area (Å²) in [5.74, 6) is 1.26. The van der Waals surface area contributed by atoms with Gasteiger partial charge in [-0.25, -0.2) is 9.37 Å². The maximum atomic E-state index is 13.8. The average molecular weight is 622 g/mol. The van der Waals surface area contributed by atoms with Crippen molar-refractivity contribution in [3.8, 4) is 28.4 Å². The summed E-state index contributed by atoms with van der Waals surface area (Å²) < 4.78 is 22.3. The van der Waals surface area contributed by atoms with E-state index in [1.807, 2.05) is 68.4 Å². The highest BCUT2D eigenvalue weighted by Gasteiger charge is 2.10. The Morgan fingerprint density at radius 1 is 1.08 bits per heavy atom. The second-order valence-corrected chi connectivity index (χ2v) is 9.55. The molecule has 0 atom stereocenters. The van der Waals surface area contributed by atoms with Gasteiger partial charge in [-0.05, 0) is 76.8 Å². The van der Waals surface area contributed by atoms with Crippen molar-refractivity contribution in [1.29, 1.82) is 0 Å². The maximum absolute atomic E-state index is 13.8. The molecule has 0 saturated carbocycles. The van der Waals surface area contributed by atoms with Crippen LogP contribution < -0.4 is 14.8 Å². The molecule has 0 fully saturated rings. The summed E-state index contributed by atoms with van der Waals surface area (Å²) in [5.41, 5.74) is 2.32. The minimum absolute atomic E-state index is 0.326. The van der Waals surface area contributed by atoms with Crippen LogP contribution in [-0.2, 0) is 4.79 Å². The molecule has 6 nitrogen and oxygen atoms in total. The number of rotatable bonds is 10. The van der Waals surface area contributed by atoms with Crippen LogP contribution >= 0.6 is 39.5 Å². The summed E-state index contributed by atoms with van der Waals surface area (Å²) in [7, 11) is 1.66. The summed E-state index contributed by atoms with van der Waals surface area (Å²) in [5, 5.41) is 3.25. The molecule has 3 N–H and O–H groups in total. The van der Waals surface area contributed by atoms with Gasteiger partial charge in [-0.15, -0.1) is 0 Å². The van der Waals surface area contributed by atoms with E-state index >= 15 is 0 Å². The predicted octanol–water partition coefficient (Wildman–Crippen LogP) is 7.75. The Labute approximate surface area is 241 Å². The molecule has 1 aromatic heterocycles. The van der Waals surface area contributed by atoms with Gasteiger partial charge in [0.25, 0.3) is 0 Å². The number of aromatic nitrogens is 2. The van der Waals surface area contributed by atoms with Crippen LogP contribution in [0.2, 0.25) is 5.02 Å². The number of carbonyl (C=O) groups excluding carboxylic acids is 1. The summed E-state index contributed by atoms with van der Waals surface area (Å²) >= 11 is 10.9. The van der Waals surface area contributed by atoms with Crippen molar-refractivity contribution in [1.82, 2.24) is 20.0 Å². The van der Waals surface area contributed by atoms with Crippen molar-refractivity contribution in [2.75, 3.05) is 20.2 Å². The lowest BCUT2D eigenvalue weighted by Gasteiger charge is -2.07. The molecule has 4 aromatic rings. The van der Waals surface area contributed by atoms with Gasteiger partial charge in [-0.3, -0.25) is 9.52 Å². The Kier molecular flexibility index (Phi) is 14.5. The molecule has 0 unspecified atom stereocenters. The molecule has 3 aromatic carbocycles. The normalized spacial score (nSPS) is 9.95. The first-order chi connectivity index (χ1) is 18.5. The monoisotopic (exact) mass is 620 g/mol. The third-order valence-corrected chi connectivity index (χ3v) is 6.85. The summed E-state index contributed by atoms with van der Waals surface area (Å²) in [6.07, 6.45) is 3.18. The summed E-state index contributed by atoms with van der Waals surface area (Å²) in [4.78, 5) is 18.7. The van der Waals surface area contributed by atoms with E-state index in [4.69, 9.17) is 16.3 Å². The van der Waals surface area contributed by atoms with E-state index in [2.05, 4.69) is 35.9 Å². The maximum Gasteiger partial charge on any atom is 0.207 e. The Balaban J connectivity index is 0.000000428. The van der Waals surface area contributed by atoms with Gasteiger partial charge < -0.3 is 15.0 Å². The van der Waals surface area contributed by atoms with Crippen LogP contribution in [0.3, 0.4) is 0 Å². The van der Waals surface area contributed by atoms with Crippen LogP contribution in [0.5, 0.6) is 5.75 Å². The second kappa shape index (κ2) is 17.6. The number of halogens is 3. The third kappa shape index (κ3) is 10.1. The lowest BCUT2D eigenvalue weighted by molar-refractivity contribution is -0.109. The van der Waals surface area contributed by atoms with Crippen LogP contribution in [0, 0.1) is 5.82 Å². The SMILES string of the molecule is CC.COc1ccccc1.O=CNCCCNSc1cc(-c2ncc(-c3ccc(Br)c(F)c3)[nH]2)ccc1Cl. The fraction of sp³-hybridized carbons (Fsp3) is 0.214. The number of imidazole rings is 1. The first-order valence-corrected chi connectivity index (χ1v) is 14.0. The molecule has 10 heteroatoms. The van der Waals surface area contributed by atoms with Crippen LogP contribution in [0.25, 0.3) is 22.6 Å². The Morgan fingerprint density at radius 3 is 2.47 bits per heavy atom.